The van der Waals surface area contributed by atoms with Gasteiger partial charge in [-0.3, -0.25) is 0 Å². The molecule has 1 aliphatic heterocycles. The Kier molecular flexibility index (Phi) is 4.51. The van der Waals surface area contributed by atoms with Gasteiger partial charge in [0, 0.05) is 23.1 Å². The van der Waals surface area contributed by atoms with Crippen molar-refractivity contribution < 1.29 is 17.2 Å². The Labute approximate surface area is 126 Å². The first-order valence-corrected chi connectivity index (χ1v) is 8.65. The van der Waals surface area contributed by atoms with Crippen molar-refractivity contribution in [1.82, 2.24) is 4.31 Å². The molecule has 0 saturated carbocycles. The number of hydrogen-bond acceptors (Lipinski definition) is 2. The van der Waals surface area contributed by atoms with E-state index in [-0.39, 0.29) is 16.4 Å². The summed E-state index contributed by atoms with van der Waals surface area (Å²) in [7, 11) is -3.97. The monoisotopic (exact) mass is 367 g/mol. The summed E-state index contributed by atoms with van der Waals surface area (Å²) in [5, 5.41) is 0. The standard InChI is InChI=1S/C13H16BrF2NO2S/c1-8(2)12-4-3-5-17(12)20(18,19)13-10(14)6-9(15)7-11(13)16/h6-8,12H,3-5H2,1-2H3. The van der Waals surface area contributed by atoms with Crippen LogP contribution in [0, 0.1) is 17.6 Å². The zero-order valence-electron chi connectivity index (χ0n) is 11.2. The van der Waals surface area contributed by atoms with Crippen molar-refractivity contribution in [3.63, 3.8) is 0 Å². The predicted molar refractivity (Wildman–Crippen MR) is 75.8 cm³/mol. The van der Waals surface area contributed by atoms with Crippen LogP contribution in [0.4, 0.5) is 8.78 Å². The van der Waals surface area contributed by atoms with Crippen molar-refractivity contribution in [3.8, 4) is 0 Å². The molecule has 3 nitrogen and oxygen atoms in total. The number of halogens is 3. The van der Waals surface area contributed by atoms with Gasteiger partial charge in [0.15, 0.2) is 0 Å². The van der Waals surface area contributed by atoms with Gasteiger partial charge < -0.3 is 0 Å². The second kappa shape index (κ2) is 5.69. The van der Waals surface area contributed by atoms with Gasteiger partial charge in [0.1, 0.15) is 16.5 Å². The maximum Gasteiger partial charge on any atom is 0.247 e. The van der Waals surface area contributed by atoms with Crippen LogP contribution in [0.25, 0.3) is 0 Å². The Morgan fingerprint density at radius 2 is 2.00 bits per heavy atom. The molecule has 0 amide bonds. The first-order chi connectivity index (χ1) is 9.25. The zero-order chi connectivity index (χ0) is 15.1. The minimum absolute atomic E-state index is 0.0793. The molecule has 0 radical (unpaired) electrons. The van der Waals surface area contributed by atoms with Gasteiger partial charge in [-0.2, -0.15) is 4.31 Å². The molecule has 0 aliphatic carbocycles. The number of hydrogen-bond donors (Lipinski definition) is 0. The average Bonchev–Trinajstić information content (AvgIpc) is 2.75. The molecule has 7 heteroatoms. The molecule has 0 spiro atoms. The molecule has 0 bridgehead atoms. The fourth-order valence-electron chi connectivity index (χ4n) is 2.62. The maximum absolute atomic E-state index is 13.9. The highest BCUT2D eigenvalue weighted by molar-refractivity contribution is 9.10. The second-order valence-corrected chi connectivity index (χ2v) is 7.95. The first kappa shape index (κ1) is 15.9. The first-order valence-electron chi connectivity index (χ1n) is 6.41. The van der Waals surface area contributed by atoms with Crippen molar-refractivity contribution in [3.05, 3.63) is 28.2 Å². The lowest BCUT2D eigenvalue weighted by molar-refractivity contribution is 0.314. The van der Waals surface area contributed by atoms with E-state index in [0.717, 1.165) is 18.9 Å². The highest BCUT2D eigenvalue weighted by atomic mass is 79.9. The normalized spacial score (nSPS) is 20.8. The van der Waals surface area contributed by atoms with Gasteiger partial charge >= 0.3 is 0 Å². The maximum atomic E-state index is 13.9. The molecule has 1 aromatic rings. The zero-order valence-corrected chi connectivity index (χ0v) is 13.6. The lowest BCUT2D eigenvalue weighted by Crippen LogP contribution is -2.39. The van der Waals surface area contributed by atoms with Crippen LogP contribution in [0.2, 0.25) is 0 Å². The lowest BCUT2D eigenvalue weighted by Gasteiger charge is -2.27. The number of sulfonamides is 1. The van der Waals surface area contributed by atoms with Crippen LogP contribution >= 0.6 is 15.9 Å². The van der Waals surface area contributed by atoms with E-state index in [2.05, 4.69) is 15.9 Å². The molecule has 0 N–H and O–H groups in total. The Morgan fingerprint density at radius 3 is 2.55 bits per heavy atom. The summed E-state index contributed by atoms with van der Waals surface area (Å²) in [5.74, 6) is -1.73. The molecule has 1 unspecified atom stereocenters. The van der Waals surface area contributed by atoms with Gasteiger partial charge in [0.2, 0.25) is 10.0 Å². The topological polar surface area (TPSA) is 37.4 Å². The van der Waals surface area contributed by atoms with E-state index in [0.29, 0.717) is 12.6 Å². The number of nitrogens with zero attached hydrogens (tertiary/aromatic N) is 1. The van der Waals surface area contributed by atoms with E-state index in [9.17, 15) is 17.2 Å². The Morgan fingerprint density at radius 1 is 1.35 bits per heavy atom. The smallest absolute Gasteiger partial charge is 0.207 e. The highest BCUT2D eigenvalue weighted by Crippen LogP contribution is 2.34. The predicted octanol–water partition coefficient (Wildman–Crippen LogP) is 3.54. The van der Waals surface area contributed by atoms with E-state index in [1.165, 1.54) is 4.31 Å². The fourth-order valence-corrected chi connectivity index (χ4v) is 5.56. The quantitative estimate of drug-likeness (QED) is 0.819. The van der Waals surface area contributed by atoms with Crippen LogP contribution in [0.3, 0.4) is 0 Å². The largest absolute Gasteiger partial charge is 0.247 e. The van der Waals surface area contributed by atoms with Crippen molar-refractivity contribution in [2.45, 2.75) is 37.6 Å². The Balaban J connectivity index is 2.51. The minimum atomic E-state index is -3.97. The number of rotatable bonds is 3. The van der Waals surface area contributed by atoms with Crippen LogP contribution in [-0.2, 0) is 10.0 Å². The molecule has 1 saturated heterocycles. The second-order valence-electron chi connectivity index (χ2n) is 5.27. The molecule has 1 atom stereocenters. The van der Waals surface area contributed by atoms with Crippen molar-refractivity contribution >= 4 is 26.0 Å². The van der Waals surface area contributed by atoms with Gasteiger partial charge in [-0.25, -0.2) is 17.2 Å². The molecule has 1 aromatic carbocycles. The SMILES string of the molecule is CC(C)C1CCCN1S(=O)(=O)c1c(F)cc(F)cc1Br. The van der Waals surface area contributed by atoms with E-state index in [1.807, 2.05) is 13.8 Å². The summed E-state index contributed by atoms with van der Waals surface area (Å²) in [6, 6.07) is 1.42. The fraction of sp³-hybridized carbons (Fsp3) is 0.538. The van der Waals surface area contributed by atoms with Gasteiger partial charge in [0.05, 0.1) is 0 Å². The lowest BCUT2D eigenvalue weighted by atomic mass is 10.0. The van der Waals surface area contributed by atoms with E-state index in [1.54, 1.807) is 0 Å². The van der Waals surface area contributed by atoms with Crippen LogP contribution in [0.1, 0.15) is 26.7 Å². The third kappa shape index (κ3) is 2.76. The van der Waals surface area contributed by atoms with Crippen molar-refractivity contribution in [2.75, 3.05) is 6.54 Å². The third-order valence-electron chi connectivity index (χ3n) is 3.55. The van der Waals surface area contributed by atoms with Crippen LogP contribution in [0.5, 0.6) is 0 Å². The molecule has 1 aliphatic rings. The van der Waals surface area contributed by atoms with E-state index < -0.39 is 26.6 Å². The average molecular weight is 368 g/mol. The summed E-state index contributed by atoms with van der Waals surface area (Å²) >= 11 is 2.95. The molecular formula is C13H16BrF2NO2S. The van der Waals surface area contributed by atoms with Gasteiger partial charge in [-0.05, 0) is 40.8 Å². The summed E-state index contributed by atoms with van der Waals surface area (Å²) in [5.41, 5.74) is 0. The Bertz CT molecular complexity index is 596. The van der Waals surface area contributed by atoms with Gasteiger partial charge in [-0.1, -0.05) is 13.8 Å². The molecule has 112 valence electrons. The van der Waals surface area contributed by atoms with E-state index >= 15 is 0 Å². The van der Waals surface area contributed by atoms with Gasteiger partial charge in [0.25, 0.3) is 0 Å². The molecule has 1 heterocycles. The molecule has 2 rings (SSSR count). The summed E-state index contributed by atoms with van der Waals surface area (Å²) in [6.45, 7) is 4.25. The summed E-state index contributed by atoms with van der Waals surface area (Å²) < 4.78 is 53.5. The third-order valence-corrected chi connectivity index (χ3v) is 6.44. The number of benzene rings is 1. The summed E-state index contributed by atoms with van der Waals surface area (Å²) in [4.78, 5) is -0.480. The molecular weight excluding hydrogens is 352 g/mol. The minimum Gasteiger partial charge on any atom is -0.207 e. The Hall–Kier alpha value is -0.530. The molecule has 20 heavy (non-hydrogen) atoms. The van der Waals surface area contributed by atoms with Crippen LogP contribution in [-0.4, -0.2) is 25.3 Å². The van der Waals surface area contributed by atoms with Crippen LogP contribution in [0.15, 0.2) is 21.5 Å². The van der Waals surface area contributed by atoms with E-state index in [4.69, 9.17) is 0 Å². The van der Waals surface area contributed by atoms with Crippen molar-refractivity contribution in [1.29, 1.82) is 0 Å². The molecule has 0 aromatic heterocycles. The van der Waals surface area contributed by atoms with Crippen molar-refractivity contribution in [2.24, 2.45) is 5.92 Å². The van der Waals surface area contributed by atoms with Crippen LogP contribution < -0.4 is 0 Å². The molecule has 1 fully saturated rings. The highest BCUT2D eigenvalue weighted by Gasteiger charge is 2.39. The summed E-state index contributed by atoms with van der Waals surface area (Å²) in [6.07, 6.45) is 1.51. The van der Waals surface area contributed by atoms with Gasteiger partial charge in [-0.15, -0.1) is 0 Å².